The van der Waals surface area contributed by atoms with Crippen LogP contribution in [0.5, 0.6) is 5.75 Å². The molecule has 2 amide bonds. The van der Waals surface area contributed by atoms with Crippen molar-refractivity contribution in [3.05, 3.63) is 101 Å². The fraction of sp³-hybridized carbons (Fsp3) is 0.278. The number of fused-ring (bicyclic) bond motifs is 1. The van der Waals surface area contributed by atoms with Crippen LogP contribution in [-0.2, 0) is 16.1 Å². The number of H-pyrrole nitrogens is 1. The topological polar surface area (TPSA) is 127 Å². The summed E-state index contributed by atoms with van der Waals surface area (Å²) in [4.78, 5) is 45.5. The highest BCUT2D eigenvalue weighted by atomic mass is 16.6. The molecule has 5 rings (SSSR count). The molecule has 0 radical (unpaired) electrons. The van der Waals surface area contributed by atoms with Gasteiger partial charge in [-0.05, 0) is 49.9 Å². The van der Waals surface area contributed by atoms with Crippen LogP contribution in [0.2, 0.25) is 0 Å². The molecule has 0 aliphatic heterocycles. The smallest absolute Gasteiger partial charge is 0.408 e. The zero-order chi connectivity index (χ0) is 33.0. The average Bonchev–Trinajstić information content (AvgIpc) is 3.42. The fourth-order valence-corrected chi connectivity index (χ4v) is 5.23. The molecule has 0 bridgehead atoms. The van der Waals surface area contributed by atoms with E-state index in [-0.39, 0.29) is 18.0 Å². The maximum absolute atomic E-state index is 14.4. The van der Waals surface area contributed by atoms with Crippen molar-refractivity contribution in [3.63, 3.8) is 0 Å². The van der Waals surface area contributed by atoms with Crippen LogP contribution in [0, 0.1) is 5.92 Å². The Bertz CT molecular complexity index is 1890. The number of nitrogens with zero attached hydrogens (tertiary/aromatic N) is 2. The summed E-state index contributed by atoms with van der Waals surface area (Å²) in [6.45, 7) is 8.87. The zero-order valence-electron chi connectivity index (χ0n) is 26.9. The Kier molecular flexibility index (Phi) is 9.27. The largest absolute Gasteiger partial charge is 0.497 e. The number of methoxy groups -OCH3 is 1. The molecular weight excluding hydrogens is 582 g/mol. The van der Waals surface area contributed by atoms with Crippen LogP contribution < -0.4 is 20.9 Å². The van der Waals surface area contributed by atoms with Gasteiger partial charge in [0.15, 0.2) is 5.65 Å². The maximum Gasteiger partial charge on any atom is 0.408 e. The summed E-state index contributed by atoms with van der Waals surface area (Å²) in [6.07, 6.45) is -0.689. The van der Waals surface area contributed by atoms with Gasteiger partial charge in [-0.3, -0.25) is 14.7 Å². The number of amides is 2. The molecule has 238 valence electrons. The van der Waals surface area contributed by atoms with Crippen molar-refractivity contribution in [2.24, 2.45) is 5.92 Å². The van der Waals surface area contributed by atoms with Gasteiger partial charge in [0.2, 0.25) is 5.91 Å². The van der Waals surface area contributed by atoms with Gasteiger partial charge in [-0.25, -0.2) is 9.78 Å². The third-order valence-corrected chi connectivity index (χ3v) is 7.41. The molecule has 1 unspecified atom stereocenters. The van der Waals surface area contributed by atoms with Gasteiger partial charge < -0.3 is 20.1 Å². The first-order valence-corrected chi connectivity index (χ1v) is 15.2. The van der Waals surface area contributed by atoms with E-state index in [1.165, 1.54) is 4.52 Å². The average molecular weight is 622 g/mol. The number of hydrogen-bond acceptors (Lipinski definition) is 6. The van der Waals surface area contributed by atoms with Gasteiger partial charge in [0.05, 0.1) is 36.2 Å². The summed E-state index contributed by atoms with van der Waals surface area (Å²) < 4.78 is 12.2. The van der Waals surface area contributed by atoms with Gasteiger partial charge in [0.25, 0.3) is 5.56 Å². The summed E-state index contributed by atoms with van der Waals surface area (Å²) in [7, 11) is 1.57. The van der Waals surface area contributed by atoms with Crippen molar-refractivity contribution in [2.75, 3.05) is 7.11 Å². The summed E-state index contributed by atoms with van der Waals surface area (Å²) in [6, 6.07) is 25.7. The minimum atomic E-state index is -0.874. The molecule has 10 nitrogen and oxygen atoms in total. The summed E-state index contributed by atoms with van der Waals surface area (Å²) in [5.41, 5.74) is 3.94. The highest BCUT2D eigenvalue weighted by Gasteiger charge is 2.28. The van der Waals surface area contributed by atoms with Crippen molar-refractivity contribution in [1.82, 2.24) is 25.2 Å². The molecule has 0 spiro atoms. The lowest BCUT2D eigenvalue weighted by Crippen LogP contribution is -2.50. The van der Waals surface area contributed by atoms with Crippen molar-refractivity contribution in [2.45, 2.75) is 52.8 Å². The maximum atomic E-state index is 14.4. The van der Waals surface area contributed by atoms with E-state index < -0.39 is 23.6 Å². The Hall–Kier alpha value is -5.38. The molecule has 3 N–H and O–H groups in total. The van der Waals surface area contributed by atoms with E-state index in [9.17, 15) is 14.4 Å². The van der Waals surface area contributed by atoms with Gasteiger partial charge in [-0.2, -0.15) is 4.52 Å². The van der Waals surface area contributed by atoms with Gasteiger partial charge in [0.1, 0.15) is 17.4 Å². The lowest BCUT2D eigenvalue weighted by molar-refractivity contribution is -0.124. The second-order valence-corrected chi connectivity index (χ2v) is 12.3. The molecule has 5 aromatic rings. The van der Waals surface area contributed by atoms with Gasteiger partial charge in [-0.1, -0.05) is 86.6 Å². The molecule has 0 saturated heterocycles. The Morgan fingerprint density at radius 1 is 0.870 bits per heavy atom. The van der Waals surface area contributed by atoms with E-state index >= 15 is 0 Å². The molecule has 2 heterocycles. The molecule has 46 heavy (non-hydrogen) atoms. The number of rotatable bonds is 9. The van der Waals surface area contributed by atoms with Gasteiger partial charge >= 0.3 is 6.09 Å². The van der Waals surface area contributed by atoms with Crippen LogP contribution in [0.4, 0.5) is 4.79 Å². The number of aromatic amines is 1. The predicted molar refractivity (Wildman–Crippen MR) is 179 cm³/mol. The highest BCUT2D eigenvalue weighted by molar-refractivity contribution is 5.91. The van der Waals surface area contributed by atoms with E-state index in [2.05, 4.69) is 15.7 Å². The Balaban J connectivity index is 1.63. The first-order valence-electron chi connectivity index (χ1n) is 15.2. The van der Waals surface area contributed by atoms with Crippen LogP contribution in [0.15, 0.2) is 89.7 Å². The second kappa shape index (κ2) is 13.3. The van der Waals surface area contributed by atoms with Crippen molar-refractivity contribution in [1.29, 1.82) is 0 Å². The molecule has 0 aliphatic carbocycles. The minimum Gasteiger partial charge on any atom is -0.497 e. The van der Waals surface area contributed by atoms with Crippen LogP contribution in [0.3, 0.4) is 0 Å². The molecule has 0 aliphatic rings. The lowest BCUT2D eigenvalue weighted by Gasteiger charge is -2.25. The van der Waals surface area contributed by atoms with Crippen LogP contribution in [-0.4, -0.2) is 45.4 Å². The van der Waals surface area contributed by atoms with Crippen LogP contribution >= 0.6 is 0 Å². The van der Waals surface area contributed by atoms with E-state index in [1.807, 2.05) is 74.5 Å². The predicted octanol–water partition coefficient (Wildman–Crippen LogP) is 6.20. The van der Waals surface area contributed by atoms with Crippen molar-refractivity contribution >= 4 is 17.6 Å². The highest BCUT2D eigenvalue weighted by Crippen LogP contribution is 2.35. The number of aromatic nitrogens is 3. The number of hydrogen-bond donors (Lipinski definition) is 3. The molecular formula is C36H39N5O5. The molecule has 0 fully saturated rings. The zero-order valence-corrected chi connectivity index (χ0v) is 26.9. The van der Waals surface area contributed by atoms with E-state index in [0.717, 1.165) is 22.4 Å². The van der Waals surface area contributed by atoms with Crippen molar-refractivity contribution in [3.8, 4) is 39.3 Å². The number of nitrogens with one attached hydrogen (secondary N) is 3. The summed E-state index contributed by atoms with van der Waals surface area (Å²) in [5, 5.41) is 8.91. The van der Waals surface area contributed by atoms with Crippen molar-refractivity contribution < 1.29 is 19.1 Å². The van der Waals surface area contributed by atoms with Gasteiger partial charge in [-0.15, -0.1) is 0 Å². The molecule has 3 aromatic carbocycles. The van der Waals surface area contributed by atoms with E-state index in [1.54, 1.807) is 52.1 Å². The minimum absolute atomic E-state index is 0.0643. The summed E-state index contributed by atoms with van der Waals surface area (Å²) >= 11 is 0. The number of benzene rings is 3. The van der Waals surface area contributed by atoms with Crippen LogP contribution in [0.25, 0.3) is 39.2 Å². The van der Waals surface area contributed by atoms with Gasteiger partial charge in [0, 0.05) is 5.56 Å². The number of carbonyl (C=O) groups excluding carboxylic acids is 2. The number of ether oxygens (including phenoxy) is 2. The molecule has 10 heteroatoms. The first-order chi connectivity index (χ1) is 22.0. The molecule has 0 saturated carbocycles. The number of alkyl carbamates (subject to hydrolysis) is 1. The van der Waals surface area contributed by atoms with E-state index in [4.69, 9.17) is 14.5 Å². The summed E-state index contributed by atoms with van der Waals surface area (Å²) in [5.74, 6) is -0.0263. The normalized spacial score (nSPS) is 12.2. The van der Waals surface area contributed by atoms with Crippen LogP contribution in [0.1, 0.15) is 40.3 Å². The third kappa shape index (κ3) is 6.96. The molecule has 1 atom stereocenters. The SMILES string of the molecule is COc1ccc(-c2c(CNC(=O)C(NC(=O)OC(C)(C)C)C(C)C)nc3c(-c4ccccc4)c(-c4ccccc4)[nH]n3c2=O)cc1. The third-order valence-electron chi connectivity index (χ3n) is 7.41. The Labute approximate surface area is 267 Å². The second-order valence-electron chi connectivity index (χ2n) is 12.3. The lowest BCUT2D eigenvalue weighted by atomic mass is 10.0. The quantitative estimate of drug-likeness (QED) is 0.180. The standard InChI is InChI=1S/C36H39N5O5/c1-22(2)30(39-35(44)46-36(3,4)5)33(42)37-21-27-28(24-17-19-26(45-6)20-18-24)34(43)41-32(38-27)29(23-13-9-7-10-14-23)31(40-41)25-15-11-8-12-16-25/h7-20,22,30,40H,21H2,1-6H3,(H,37,42)(H,39,44). The fourth-order valence-electron chi connectivity index (χ4n) is 5.23. The monoisotopic (exact) mass is 621 g/mol. The Morgan fingerprint density at radius 2 is 1.46 bits per heavy atom. The first kappa shape index (κ1) is 32.0. The molecule has 2 aromatic heterocycles. The Morgan fingerprint density at radius 3 is 2.02 bits per heavy atom. The number of carbonyl (C=O) groups is 2. The van der Waals surface area contributed by atoms with E-state index in [0.29, 0.717) is 28.2 Å².